The Morgan fingerprint density at radius 2 is 1.80 bits per heavy atom. The third-order valence-corrected chi connectivity index (χ3v) is 2.70. The lowest BCUT2D eigenvalue weighted by atomic mass is 10.2. The van der Waals surface area contributed by atoms with Gasteiger partial charge in [-0.25, -0.2) is 0 Å². The van der Waals surface area contributed by atoms with Crippen LogP contribution in [-0.4, -0.2) is 47.9 Å². The Hall–Kier alpha value is -1.14. The van der Waals surface area contributed by atoms with Crippen molar-refractivity contribution in [3.8, 4) is 6.01 Å². The molecule has 0 aliphatic carbocycles. The predicted octanol–water partition coefficient (Wildman–Crippen LogP) is 2.42. The minimum Gasteiger partial charge on any atom is -0.461 e. The van der Waals surface area contributed by atoms with Gasteiger partial charge in [-0.15, -0.1) is 0 Å². The van der Waals surface area contributed by atoms with Crippen molar-refractivity contribution in [2.24, 2.45) is 5.92 Å². The molecule has 0 fully saturated rings. The van der Waals surface area contributed by atoms with Crippen LogP contribution >= 0.6 is 11.6 Å². The summed E-state index contributed by atoms with van der Waals surface area (Å²) in [5.41, 5.74) is 0. The fraction of sp³-hybridized carbons (Fsp3) is 0.769. The van der Waals surface area contributed by atoms with Gasteiger partial charge in [0, 0.05) is 19.7 Å². The van der Waals surface area contributed by atoms with E-state index in [2.05, 4.69) is 28.8 Å². The van der Waals surface area contributed by atoms with Crippen molar-refractivity contribution >= 4 is 17.5 Å². The largest absolute Gasteiger partial charge is 0.461 e. The molecule has 0 aromatic carbocycles. The van der Waals surface area contributed by atoms with Crippen molar-refractivity contribution in [2.45, 2.75) is 27.7 Å². The number of rotatable bonds is 9. The molecule has 20 heavy (non-hydrogen) atoms. The van der Waals surface area contributed by atoms with Gasteiger partial charge >= 0.3 is 6.01 Å². The SMILES string of the molecule is CCN(CC)c1nc(Cl)nc(OCCOCC(C)C)n1. The van der Waals surface area contributed by atoms with E-state index in [0.717, 1.165) is 13.1 Å². The second-order valence-electron chi connectivity index (χ2n) is 4.68. The van der Waals surface area contributed by atoms with E-state index in [4.69, 9.17) is 21.1 Å². The molecule has 1 aromatic rings. The first-order valence-electron chi connectivity index (χ1n) is 6.93. The minimum atomic E-state index is 0.139. The molecule has 1 aromatic heterocycles. The van der Waals surface area contributed by atoms with Gasteiger partial charge in [0.1, 0.15) is 6.61 Å². The summed E-state index contributed by atoms with van der Waals surface area (Å²) in [6.07, 6.45) is 0. The molecule has 1 rings (SSSR count). The van der Waals surface area contributed by atoms with Gasteiger partial charge in [-0.2, -0.15) is 15.0 Å². The second-order valence-corrected chi connectivity index (χ2v) is 5.01. The van der Waals surface area contributed by atoms with Crippen LogP contribution in [0.5, 0.6) is 6.01 Å². The molecule has 0 N–H and O–H groups in total. The lowest BCUT2D eigenvalue weighted by Gasteiger charge is -2.18. The predicted molar refractivity (Wildman–Crippen MR) is 79.6 cm³/mol. The number of halogens is 1. The smallest absolute Gasteiger partial charge is 0.322 e. The van der Waals surface area contributed by atoms with Crippen LogP contribution in [-0.2, 0) is 4.74 Å². The zero-order valence-corrected chi connectivity index (χ0v) is 13.4. The van der Waals surface area contributed by atoms with Crippen molar-refractivity contribution in [2.75, 3.05) is 37.8 Å². The summed E-state index contributed by atoms with van der Waals surface area (Å²) in [7, 11) is 0. The standard InChI is InChI=1S/C13H23ClN4O2/c1-5-18(6-2)12-15-11(14)16-13(17-12)20-8-7-19-9-10(3)4/h10H,5-9H2,1-4H3. The maximum atomic E-state index is 5.89. The van der Waals surface area contributed by atoms with Crippen LogP contribution in [0.3, 0.4) is 0 Å². The molecule has 1 heterocycles. The number of anilines is 1. The normalized spacial score (nSPS) is 10.9. The molecule has 0 aliphatic heterocycles. The van der Waals surface area contributed by atoms with Gasteiger partial charge in [-0.05, 0) is 31.4 Å². The van der Waals surface area contributed by atoms with Crippen molar-refractivity contribution in [1.29, 1.82) is 0 Å². The van der Waals surface area contributed by atoms with Crippen LogP contribution in [0.2, 0.25) is 5.28 Å². The summed E-state index contributed by atoms with van der Waals surface area (Å²) in [4.78, 5) is 14.3. The molecule has 0 unspecified atom stereocenters. The summed E-state index contributed by atoms with van der Waals surface area (Å²) >= 11 is 5.89. The average Bonchev–Trinajstić information content (AvgIpc) is 2.39. The van der Waals surface area contributed by atoms with Gasteiger partial charge in [0.2, 0.25) is 11.2 Å². The Morgan fingerprint density at radius 1 is 1.10 bits per heavy atom. The third-order valence-electron chi connectivity index (χ3n) is 2.53. The maximum absolute atomic E-state index is 5.89. The minimum absolute atomic E-state index is 0.139. The van der Waals surface area contributed by atoms with Crippen molar-refractivity contribution in [1.82, 2.24) is 15.0 Å². The molecule has 0 amide bonds. The third kappa shape index (κ3) is 5.88. The quantitative estimate of drug-likeness (QED) is 0.653. The molecule has 0 bridgehead atoms. The molecule has 0 radical (unpaired) electrons. The van der Waals surface area contributed by atoms with Crippen molar-refractivity contribution in [3.63, 3.8) is 0 Å². The van der Waals surface area contributed by atoms with E-state index in [1.807, 2.05) is 18.7 Å². The summed E-state index contributed by atoms with van der Waals surface area (Å²) in [6.45, 7) is 11.5. The topological polar surface area (TPSA) is 60.4 Å². The zero-order chi connectivity index (χ0) is 15.0. The van der Waals surface area contributed by atoms with E-state index < -0.39 is 0 Å². The van der Waals surface area contributed by atoms with E-state index >= 15 is 0 Å². The van der Waals surface area contributed by atoms with Crippen LogP contribution in [0.4, 0.5) is 5.95 Å². The molecule has 114 valence electrons. The monoisotopic (exact) mass is 302 g/mol. The summed E-state index contributed by atoms with van der Waals surface area (Å²) in [5, 5.41) is 0.139. The van der Waals surface area contributed by atoms with E-state index in [0.29, 0.717) is 31.7 Å². The molecule has 0 saturated heterocycles. The van der Waals surface area contributed by atoms with Crippen LogP contribution in [0.25, 0.3) is 0 Å². The molecular weight excluding hydrogens is 280 g/mol. The number of nitrogens with zero attached hydrogens (tertiary/aromatic N) is 4. The van der Waals surface area contributed by atoms with Crippen LogP contribution in [0, 0.1) is 5.92 Å². The Bertz CT molecular complexity index is 400. The first-order valence-corrected chi connectivity index (χ1v) is 7.31. The highest BCUT2D eigenvalue weighted by atomic mass is 35.5. The van der Waals surface area contributed by atoms with E-state index in [1.165, 1.54) is 0 Å². The molecule has 0 atom stereocenters. The average molecular weight is 303 g/mol. The molecule has 0 aliphatic rings. The lowest BCUT2D eigenvalue weighted by molar-refractivity contribution is 0.0791. The molecular formula is C13H23ClN4O2. The van der Waals surface area contributed by atoms with E-state index in [9.17, 15) is 0 Å². The Labute approximate surface area is 125 Å². The molecule has 0 saturated carbocycles. The zero-order valence-electron chi connectivity index (χ0n) is 12.6. The first-order chi connectivity index (χ1) is 9.56. The van der Waals surface area contributed by atoms with Gasteiger partial charge in [-0.1, -0.05) is 13.8 Å². The Balaban J connectivity index is 2.53. The lowest BCUT2D eigenvalue weighted by Crippen LogP contribution is -2.24. The Kier molecular flexibility index (Phi) is 7.54. The highest BCUT2D eigenvalue weighted by Crippen LogP contribution is 2.14. The van der Waals surface area contributed by atoms with Gasteiger partial charge in [0.25, 0.3) is 0 Å². The van der Waals surface area contributed by atoms with Crippen molar-refractivity contribution in [3.05, 3.63) is 5.28 Å². The fourth-order valence-corrected chi connectivity index (χ4v) is 1.69. The number of hydrogen-bond acceptors (Lipinski definition) is 6. The molecule has 0 spiro atoms. The molecule has 7 heteroatoms. The first kappa shape index (κ1) is 16.9. The highest BCUT2D eigenvalue weighted by molar-refractivity contribution is 6.28. The van der Waals surface area contributed by atoms with Crippen molar-refractivity contribution < 1.29 is 9.47 Å². The Morgan fingerprint density at radius 3 is 2.40 bits per heavy atom. The molecule has 6 nitrogen and oxygen atoms in total. The summed E-state index contributed by atoms with van der Waals surface area (Å²) in [6, 6.07) is 0.236. The number of aromatic nitrogens is 3. The second kappa shape index (κ2) is 8.92. The van der Waals surface area contributed by atoms with E-state index in [1.54, 1.807) is 0 Å². The highest BCUT2D eigenvalue weighted by Gasteiger charge is 2.10. The fourth-order valence-electron chi connectivity index (χ4n) is 1.55. The number of hydrogen-bond donors (Lipinski definition) is 0. The van der Waals surface area contributed by atoms with Crippen LogP contribution in [0.1, 0.15) is 27.7 Å². The van der Waals surface area contributed by atoms with Crippen LogP contribution < -0.4 is 9.64 Å². The summed E-state index contributed by atoms with van der Waals surface area (Å²) < 4.78 is 10.9. The number of ether oxygens (including phenoxy) is 2. The van der Waals surface area contributed by atoms with E-state index in [-0.39, 0.29) is 11.3 Å². The van der Waals surface area contributed by atoms with Gasteiger partial charge in [0.05, 0.1) is 6.61 Å². The summed E-state index contributed by atoms with van der Waals surface area (Å²) in [5.74, 6) is 1.05. The van der Waals surface area contributed by atoms with Gasteiger partial charge in [0.15, 0.2) is 0 Å². The van der Waals surface area contributed by atoms with Gasteiger partial charge in [-0.3, -0.25) is 0 Å². The maximum Gasteiger partial charge on any atom is 0.322 e. The van der Waals surface area contributed by atoms with Gasteiger partial charge < -0.3 is 14.4 Å². The van der Waals surface area contributed by atoms with Crippen LogP contribution in [0.15, 0.2) is 0 Å².